The fourth-order valence-corrected chi connectivity index (χ4v) is 1.26. The van der Waals surface area contributed by atoms with Crippen LogP contribution >= 0.6 is 0 Å². The van der Waals surface area contributed by atoms with Crippen molar-refractivity contribution in [3.63, 3.8) is 0 Å². The number of aliphatic hydroxyl groups is 1. The summed E-state index contributed by atoms with van der Waals surface area (Å²) >= 11 is 0. The van der Waals surface area contributed by atoms with Crippen LogP contribution in [0.15, 0.2) is 18.5 Å². The number of hydrogen-bond acceptors (Lipinski definition) is 3. The van der Waals surface area contributed by atoms with Crippen molar-refractivity contribution in [2.24, 2.45) is 5.92 Å². The summed E-state index contributed by atoms with van der Waals surface area (Å²) in [7, 11) is 0. The molecule has 0 saturated carbocycles. The van der Waals surface area contributed by atoms with Gasteiger partial charge in [-0.25, -0.2) is 0 Å². The Labute approximate surface area is 84.7 Å². The van der Waals surface area contributed by atoms with E-state index >= 15 is 0 Å². The van der Waals surface area contributed by atoms with Gasteiger partial charge in [0.05, 0.1) is 12.7 Å². The summed E-state index contributed by atoms with van der Waals surface area (Å²) in [4.78, 5) is 3.99. The number of ether oxygens (including phenoxy) is 1. The third kappa shape index (κ3) is 2.45. The first kappa shape index (κ1) is 11.0. The van der Waals surface area contributed by atoms with Crippen molar-refractivity contribution in [1.29, 1.82) is 0 Å². The zero-order chi connectivity index (χ0) is 10.6. The highest BCUT2D eigenvalue weighted by Crippen LogP contribution is 2.28. The molecule has 0 aliphatic rings. The lowest BCUT2D eigenvalue weighted by molar-refractivity contribution is 0.122. The zero-order valence-electron chi connectivity index (χ0n) is 8.90. The molecule has 78 valence electrons. The molecule has 0 spiro atoms. The molecular weight excluding hydrogens is 178 g/mol. The molecule has 3 nitrogen and oxygen atoms in total. The summed E-state index contributed by atoms with van der Waals surface area (Å²) in [5, 5.41) is 9.89. The minimum absolute atomic E-state index is 0.165. The molecule has 1 unspecified atom stereocenters. The predicted octanol–water partition coefficient (Wildman–Crippen LogP) is 2.17. The summed E-state index contributed by atoms with van der Waals surface area (Å²) < 4.78 is 5.41. The molecule has 1 aromatic heterocycles. The van der Waals surface area contributed by atoms with Crippen molar-refractivity contribution in [1.82, 2.24) is 4.98 Å². The van der Waals surface area contributed by atoms with E-state index in [-0.39, 0.29) is 5.92 Å². The van der Waals surface area contributed by atoms with Crippen molar-refractivity contribution >= 4 is 0 Å². The molecular formula is C11H17NO2. The normalized spacial score (nSPS) is 12.9. The maximum absolute atomic E-state index is 9.89. The monoisotopic (exact) mass is 195 g/mol. The lowest BCUT2D eigenvalue weighted by atomic mass is 10.0. The third-order valence-corrected chi connectivity index (χ3v) is 2.06. The van der Waals surface area contributed by atoms with Gasteiger partial charge in [-0.2, -0.15) is 0 Å². The maximum Gasteiger partial charge on any atom is 0.128 e. The molecule has 1 atom stereocenters. The molecule has 0 bridgehead atoms. The highest BCUT2D eigenvalue weighted by atomic mass is 16.5. The minimum atomic E-state index is -0.509. The van der Waals surface area contributed by atoms with Crippen molar-refractivity contribution in [2.75, 3.05) is 6.61 Å². The molecule has 0 radical (unpaired) electrons. The van der Waals surface area contributed by atoms with E-state index in [4.69, 9.17) is 4.74 Å². The number of nitrogens with zero attached hydrogens (tertiary/aromatic N) is 1. The zero-order valence-corrected chi connectivity index (χ0v) is 8.90. The first-order valence-electron chi connectivity index (χ1n) is 4.91. The first-order chi connectivity index (χ1) is 6.66. The van der Waals surface area contributed by atoms with Crippen molar-refractivity contribution in [2.45, 2.75) is 26.9 Å². The Bertz CT molecular complexity index is 286. The summed E-state index contributed by atoms with van der Waals surface area (Å²) in [5.41, 5.74) is 0.768. The quantitative estimate of drug-likeness (QED) is 0.800. The molecule has 1 heterocycles. The standard InChI is InChI=1S/C11H17NO2/c1-4-14-10-5-6-12-7-9(10)11(13)8(2)3/h5-8,11,13H,4H2,1-3H3. The number of rotatable bonds is 4. The summed E-state index contributed by atoms with van der Waals surface area (Å²) in [5.74, 6) is 0.891. The van der Waals surface area contributed by atoms with Gasteiger partial charge in [0, 0.05) is 18.0 Å². The topological polar surface area (TPSA) is 42.4 Å². The van der Waals surface area contributed by atoms with Crippen molar-refractivity contribution < 1.29 is 9.84 Å². The Balaban J connectivity index is 2.94. The molecule has 1 N–H and O–H groups in total. The van der Waals surface area contributed by atoms with Gasteiger partial charge in [0.25, 0.3) is 0 Å². The lowest BCUT2D eigenvalue weighted by Crippen LogP contribution is -2.08. The van der Waals surface area contributed by atoms with Gasteiger partial charge in [-0.1, -0.05) is 13.8 Å². The fourth-order valence-electron chi connectivity index (χ4n) is 1.26. The highest BCUT2D eigenvalue weighted by molar-refractivity contribution is 5.32. The molecule has 0 fully saturated rings. The average molecular weight is 195 g/mol. The number of pyridine rings is 1. The molecule has 0 aliphatic carbocycles. The molecule has 0 aromatic carbocycles. The smallest absolute Gasteiger partial charge is 0.128 e. The van der Waals surface area contributed by atoms with E-state index in [0.717, 1.165) is 11.3 Å². The van der Waals surface area contributed by atoms with E-state index in [9.17, 15) is 5.11 Å². The Morgan fingerprint density at radius 1 is 1.50 bits per heavy atom. The van der Waals surface area contributed by atoms with Crippen LogP contribution in [0.1, 0.15) is 32.4 Å². The Hall–Kier alpha value is -1.09. The molecule has 1 aromatic rings. The van der Waals surface area contributed by atoms with Gasteiger partial charge in [-0.05, 0) is 18.9 Å². The largest absolute Gasteiger partial charge is 0.493 e. The predicted molar refractivity (Wildman–Crippen MR) is 55.2 cm³/mol. The van der Waals surface area contributed by atoms with Gasteiger partial charge in [0.1, 0.15) is 5.75 Å². The summed E-state index contributed by atoms with van der Waals surface area (Å²) in [6.07, 6.45) is 2.82. The highest BCUT2D eigenvalue weighted by Gasteiger charge is 2.16. The second-order valence-electron chi connectivity index (χ2n) is 3.54. The lowest BCUT2D eigenvalue weighted by Gasteiger charge is -2.17. The Morgan fingerprint density at radius 2 is 2.21 bits per heavy atom. The van der Waals surface area contributed by atoms with Gasteiger partial charge in [-0.15, -0.1) is 0 Å². The second-order valence-corrected chi connectivity index (χ2v) is 3.54. The SMILES string of the molecule is CCOc1ccncc1C(O)C(C)C. The minimum Gasteiger partial charge on any atom is -0.493 e. The van der Waals surface area contributed by atoms with Gasteiger partial charge >= 0.3 is 0 Å². The number of aliphatic hydroxyl groups excluding tert-OH is 1. The molecule has 1 rings (SSSR count). The number of aromatic nitrogens is 1. The van der Waals surface area contributed by atoms with Gasteiger partial charge in [-0.3, -0.25) is 4.98 Å². The van der Waals surface area contributed by atoms with Crippen LogP contribution in [-0.2, 0) is 0 Å². The molecule has 0 amide bonds. The van der Waals surface area contributed by atoms with Crippen LogP contribution in [0.5, 0.6) is 5.75 Å². The van der Waals surface area contributed by atoms with Gasteiger partial charge < -0.3 is 9.84 Å². The van der Waals surface area contributed by atoms with Crippen LogP contribution in [0, 0.1) is 5.92 Å². The van der Waals surface area contributed by atoms with Crippen LogP contribution < -0.4 is 4.74 Å². The van der Waals surface area contributed by atoms with Crippen molar-refractivity contribution in [3.8, 4) is 5.75 Å². The van der Waals surface area contributed by atoms with Crippen LogP contribution in [0.4, 0.5) is 0 Å². The van der Waals surface area contributed by atoms with Gasteiger partial charge in [0.2, 0.25) is 0 Å². The van der Waals surface area contributed by atoms with E-state index < -0.39 is 6.10 Å². The average Bonchev–Trinajstić information content (AvgIpc) is 2.18. The van der Waals surface area contributed by atoms with E-state index in [1.54, 1.807) is 18.5 Å². The number of hydrogen-bond donors (Lipinski definition) is 1. The van der Waals surface area contributed by atoms with E-state index in [1.807, 2.05) is 20.8 Å². The van der Waals surface area contributed by atoms with E-state index in [2.05, 4.69) is 4.98 Å². The molecule has 0 aliphatic heterocycles. The summed E-state index contributed by atoms with van der Waals surface area (Å²) in [6, 6.07) is 1.78. The van der Waals surface area contributed by atoms with Crippen LogP contribution in [0.25, 0.3) is 0 Å². The van der Waals surface area contributed by atoms with Crippen molar-refractivity contribution in [3.05, 3.63) is 24.0 Å². The van der Waals surface area contributed by atoms with E-state index in [0.29, 0.717) is 6.61 Å². The Morgan fingerprint density at radius 3 is 2.79 bits per heavy atom. The van der Waals surface area contributed by atoms with Crippen LogP contribution in [0.3, 0.4) is 0 Å². The first-order valence-corrected chi connectivity index (χ1v) is 4.91. The second kappa shape index (κ2) is 4.96. The van der Waals surface area contributed by atoms with E-state index in [1.165, 1.54) is 0 Å². The maximum atomic E-state index is 9.89. The van der Waals surface area contributed by atoms with Gasteiger partial charge in [0.15, 0.2) is 0 Å². The summed E-state index contributed by atoms with van der Waals surface area (Å²) in [6.45, 7) is 6.45. The Kier molecular flexibility index (Phi) is 3.89. The fraction of sp³-hybridized carbons (Fsp3) is 0.545. The molecule has 0 saturated heterocycles. The molecule has 3 heteroatoms. The van der Waals surface area contributed by atoms with Crippen LogP contribution in [-0.4, -0.2) is 16.7 Å². The third-order valence-electron chi connectivity index (χ3n) is 2.06. The van der Waals surface area contributed by atoms with Crippen LogP contribution in [0.2, 0.25) is 0 Å². The molecule has 14 heavy (non-hydrogen) atoms.